The molecule has 96 valence electrons. The second-order valence-electron chi connectivity index (χ2n) is 4.98. The Morgan fingerprint density at radius 3 is 2.83 bits per heavy atom. The molecule has 4 nitrogen and oxygen atoms in total. The highest BCUT2D eigenvalue weighted by molar-refractivity contribution is 5.84. The minimum atomic E-state index is 0.0872. The lowest BCUT2D eigenvalue weighted by Crippen LogP contribution is -2.46. The molecule has 2 heterocycles. The number of carbonyl (C=O) groups excluding carboxylic acids is 1. The van der Waals surface area contributed by atoms with Crippen LogP contribution in [0.15, 0.2) is 18.2 Å². The summed E-state index contributed by atoms with van der Waals surface area (Å²) in [6.07, 6.45) is 0.625. The Morgan fingerprint density at radius 2 is 2.00 bits per heavy atom. The molecule has 0 bridgehead atoms. The first-order valence-electron chi connectivity index (χ1n) is 6.36. The van der Waals surface area contributed by atoms with Gasteiger partial charge in [0.1, 0.15) is 5.78 Å². The maximum atomic E-state index is 11.7. The molecule has 1 aromatic carbocycles. The molecule has 0 aliphatic carbocycles. The minimum Gasteiger partial charge on any atom is -0.454 e. The van der Waals surface area contributed by atoms with Gasteiger partial charge in [-0.1, -0.05) is 6.92 Å². The topological polar surface area (TPSA) is 38.8 Å². The standard InChI is InChI=1S/C14H17NO3/c1-9-10(2)15(6-5-12(9)16)11-3-4-13-14(7-11)18-8-17-13/h3-4,7,9-10H,5-6,8H2,1-2H3. The molecule has 0 spiro atoms. The molecular formula is C14H17NO3. The van der Waals surface area contributed by atoms with E-state index in [1.165, 1.54) is 0 Å². The van der Waals surface area contributed by atoms with E-state index >= 15 is 0 Å². The molecule has 1 saturated heterocycles. The van der Waals surface area contributed by atoms with E-state index in [1.54, 1.807) is 0 Å². The quantitative estimate of drug-likeness (QED) is 0.762. The predicted molar refractivity (Wildman–Crippen MR) is 68.2 cm³/mol. The van der Waals surface area contributed by atoms with Crippen molar-refractivity contribution in [3.63, 3.8) is 0 Å². The molecule has 2 aliphatic heterocycles. The molecule has 0 N–H and O–H groups in total. The van der Waals surface area contributed by atoms with E-state index in [0.29, 0.717) is 19.0 Å². The van der Waals surface area contributed by atoms with Crippen LogP contribution in [0.2, 0.25) is 0 Å². The van der Waals surface area contributed by atoms with Crippen LogP contribution in [0.1, 0.15) is 20.3 Å². The Bertz CT molecular complexity index is 486. The number of carbonyl (C=O) groups is 1. The molecule has 0 radical (unpaired) electrons. The highest BCUT2D eigenvalue weighted by atomic mass is 16.7. The molecule has 0 aromatic heterocycles. The summed E-state index contributed by atoms with van der Waals surface area (Å²) in [5.41, 5.74) is 1.10. The molecule has 2 atom stereocenters. The zero-order valence-corrected chi connectivity index (χ0v) is 10.7. The SMILES string of the molecule is CC1C(=O)CCN(c2ccc3c(c2)OCO3)C1C. The van der Waals surface area contributed by atoms with Crippen molar-refractivity contribution < 1.29 is 14.3 Å². The van der Waals surface area contributed by atoms with Crippen molar-refractivity contribution in [3.05, 3.63) is 18.2 Å². The highest BCUT2D eigenvalue weighted by Gasteiger charge is 2.31. The molecule has 1 aromatic rings. The number of hydrogen-bond acceptors (Lipinski definition) is 4. The van der Waals surface area contributed by atoms with E-state index in [2.05, 4.69) is 11.8 Å². The van der Waals surface area contributed by atoms with Gasteiger partial charge in [0.05, 0.1) is 0 Å². The van der Waals surface area contributed by atoms with Gasteiger partial charge in [-0.15, -0.1) is 0 Å². The number of nitrogens with zero attached hydrogens (tertiary/aromatic N) is 1. The zero-order chi connectivity index (χ0) is 12.7. The van der Waals surface area contributed by atoms with Crippen molar-refractivity contribution >= 4 is 11.5 Å². The van der Waals surface area contributed by atoms with Gasteiger partial charge in [-0.3, -0.25) is 4.79 Å². The summed E-state index contributed by atoms with van der Waals surface area (Å²) in [4.78, 5) is 14.0. The number of hydrogen-bond donors (Lipinski definition) is 0. The van der Waals surface area contributed by atoms with Crippen molar-refractivity contribution in [2.24, 2.45) is 5.92 Å². The maximum Gasteiger partial charge on any atom is 0.231 e. The number of piperidine rings is 1. The van der Waals surface area contributed by atoms with Crippen LogP contribution in [0.3, 0.4) is 0 Å². The number of Topliss-reactive ketones (excluding diaryl/α,β-unsaturated/α-hetero) is 1. The molecule has 18 heavy (non-hydrogen) atoms. The van der Waals surface area contributed by atoms with Crippen molar-refractivity contribution in [1.29, 1.82) is 0 Å². The molecule has 0 amide bonds. The summed E-state index contributed by atoms with van der Waals surface area (Å²) in [5, 5.41) is 0. The highest BCUT2D eigenvalue weighted by Crippen LogP contribution is 2.37. The van der Waals surface area contributed by atoms with Crippen molar-refractivity contribution in [2.45, 2.75) is 26.3 Å². The second-order valence-corrected chi connectivity index (χ2v) is 4.98. The van der Waals surface area contributed by atoms with E-state index in [4.69, 9.17) is 9.47 Å². The normalized spacial score (nSPS) is 26.6. The Kier molecular flexibility index (Phi) is 2.65. The van der Waals surface area contributed by atoms with Crippen LogP contribution in [0, 0.1) is 5.92 Å². The fourth-order valence-corrected chi connectivity index (χ4v) is 2.63. The molecule has 4 heteroatoms. The van der Waals surface area contributed by atoms with E-state index < -0.39 is 0 Å². The monoisotopic (exact) mass is 247 g/mol. The van der Waals surface area contributed by atoms with E-state index in [1.807, 2.05) is 25.1 Å². The van der Waals surface area contributed by atoms with Crippen LogP contribution in [0.4, 0.5) is 5.69 Å². The summed E-state index contributed by atoms with van der Waals surface area (Å²) in [7, 11) is 0. The lowest BCUT2D eigenvalue weighted by Gasteiger charge is -2.38. The molecule has 1 fully saturated rings. The third-order valence-corrected chi connectivity index (χ3v) is 4.01. The van der Waals surface area contributed by atoms with Crippen LogP contribution in [0.25, 0.3) is 0 Å². The summed E-state index contributed by atoms with van der Waals surface area (Å²) in [5.74, 6) is 2.04. The number of ketones is 1. The van der Waals surface area contributed by atoms with Crippen molar-refractivity contribution in [1.82, 2.24) is 0 Å². The lowest BCUT2D eigenvalue weighted by molar-refractivity contribution is -0.123. The van der Waals surface area contributed by atoms with Crippen LogP contribution < -0.4 is 14.4 Å². The van der Waals surface area contributed by atoms with Gasteiger partial charge >= 0.3 is 0 Å². The van der Waals surface area contributed by atoms with Crippen molar-refractivity contribution in [3.8, 4) is 11.5 Å². The van der Waals surface area contributed by atoms with Gasteiger partial charge in [0.25, 0.3) is 0 Å². The second kappa shape index (κ2) is 4.19. The number of ether oxygens (including phenoxy) is 2. The Morgan fingerprint density at radius 1 is 1.22 bits per heavy atom. The first-order valence-corrected chi connectivity index (χ1v) is 6.36. The summed E-state index contributed by atoms with van der Waals surface area (Å²) in [6, 6.07) is 6.20. The third kappa shape index (κ3) is 1.72. The molecular weight excluding hydrogens is 230 g/mol. The Labute approximate surface area is 106 Å². The molecule has 2 aliphatic rings. The molecule has 3 rings (SSSR count). The van der Waals surface area contributed by atoms with Crippen molar-refractivity contribution in [2.75, 3.05) is 18.2 Å². The number of fused-ring (bicyclic) bond motifs is 1. The average Bonchev–Trinajstić information content (AvgIpc) is 2.83. The lowest BCUT2D eigenvalue weighted by atomic mass is 9.90. The Balaban J connectivity index is 1.88. The molecule has 2 unspecified atom stereocenters. The maximum absolute atomic E-state index is 11.7. The van der Waals surface area contributed by atoms with Gasteiger partial charge in [0, 0.05) is 36.7 Å². The first kappa shape index (κ1) is 11.4. The van der Waals surface area contributed by atoms with Crippen LogP contribution in [0.5, 0.6) is 11.5 Å². The van der Waals surface area contributed by atoms with Gasteiger partial charge in [0.2, 0.25) is 6.79 Å². The van der Waals surface area contributed by atoms with E-state index in [0.717, 1.165) is 23.7 Å². The van der Waals surface area contributed by atoms with Gasteiger partial charge in [-0.05, 0) is 19.1 Å². The minimum absolute atomic E-state index is 0.0872. The average molecular weight is 247 g/mol. The van der Waals surface area contributed by atoms with Crippen LogP contribution >= 0.6 is 0 Å². The van der Waals surface area contributed by atoms with E-state index in [9.17, 15) is 4.79 Å². The number of benzene rings is 1. The largest absolute Gasteiger partial charge is 0.454 e. The number of rotatable bonds is 1. The predicted octanol–water partition coefficient (Wildman–Crippen LogP) is 2.22. The molecule has 0 saturated carbocycles. The third-order valence-electron chi connectivity index (χ3n) is 4.01. The summed E-state index contributed by atoms with van der Waals surface area (Å²) in [6.45, 7) is 5.19. The van der Waals surface area contributed by atoms with Gasteiger partial charge in [-0.2, -0.15) is 0 Å². The van der Waals surface area contributed by atoms with Gasteiger partial charge in [0.15, 0.2) is 11.5 Å². The summed E-state index contributed by atoms with van der Waals surface area (Å²) >= 11 is 0. The fourth-order valence-electron chi connectivity index (χ4n) is 2.63. The van der Waals surface area contributed by atoms with Gasteiger partial charge in [-0.25, -0.2) is 0 Å². The van der Waals surface area contributed by atoms with Gasteiger partial charge < -0.3 is 14.4 Å². The van der Waals surface area contributed by atoms with Crippen LogP contribution in [-0.4, -0.2) is 25.2 Å². The Hall–Kier alpha value is -1.71. The fraction of sp³-hybridized carbons (Fsp3) is 0.500. The number of anilines is 1. The summed E-state index contributed by atoms with van der Waals surface area (Å²) < 4.78 is 10.7. The van der Waals surface area contributed by atoms with E-state index in [-0.39, 0.29) is 12.0 Å². The smallest absolute Gasteiger partial charge is 0.231 e. The van der Waals surface area contributed by atoms with Crippen LogP contribution in [-0.2, 0) is 4.79 Å². The first-order chi connectivity index (χ1) is 8.66. The zero-order valence-electron chi connectivity index (χ0n) is 10.7.